The molecule has 0 aromatic heterocycles. The highest BCUT2D eigenvalue weighted by atomic mass is 16.7. The summed E-state index contributed by atoms with van der Waals surface area (Å²) in [5, 5.41) is 2.95. The highest BCUT2D eigenvalue weighted by molar-refractivity contribution is 5.68. The molecule has 124 valence electrons. The maximum atomic E-state index is 12.2. The van der Waals surface area contributed by atoms with E-state index in [2.05, 4.69) is 5.32 Å². The van der Waals surface area contributed by atoms with Crippen molar-refractivity contribution in [2.45, 2.75) is 37.4 Å². The second kappa shape index (κ2) is 6.47. The van der Waals surface area contributed by atoms with E-state index >= 15 is 0 Å². The summed E-state index contributed by atoms with van der Waals surface area (Å²) >= 11 is 0. The van der Waals surface area contributed by atoms with Crippen LogP contribution < -0.4 is 5.32 Å². The number of fused-ring (bicyclic) bond motifs is 1. The van der Waals surface area contributed by atoms with Crippen LogP contribution in [0, 0.1) is 5.92 Å². The normalized spacial score (nSPS) is 33.0. The molecule has 5 unspecified atom stereocenters. The first-order valence-electron chi connectivity index (χ1n) is 8.15. The summed E-state index contributed by atoms with van der Waals surface area (Å²) in [7, 11) is 0. The van der Waals surface area contributed by atoms with Crippen molar-refractivity contribution in [2.75, 3.05) is 19.8 Å². The lowest BCUT2D eigenvalue weighted by molar-refractivity contribution is -0.0907. The Kier molecular flexibility index (Phi) is 4.20. The van der Waals surface area contributed by atoms with Crippen molar-refractivity contribution in [1.29, 1.82) is 0 Å². The van der Waals surface area contributed by atoms with Crippen LogP contribution in [0.4, 0.5) is 4.79 Å². The molecule has 3 aliphatic heterocycles. The Bertz CT molecular complexity index is 547. The smallest absolute Gasteiger partial charge is 0.407 e. The zero-order chi connectivity index (χ0) is 15.6. The van der Waals surface area contributed by atoms with Gasteiger partial charge in [-0.05, 0) is 18.4 Å². The van der Waals surface area contributed by atoms with E-state index in [1.165, 1.54) is 5.56 Å². The van der Waals surface area contributed by atoms with Gasteiger partial charge in [0.15, 0.2) is 6.29 Å². The first-order chi connectivity index (χ1) is 11.3. The van der Waals surface area contributed by atoms with E-state index in [1.54, 1.807) is 0 Å². The monoisotopic (exact) mass is 319 g/mol. The van der Waals surface area contributed by atoms with Crippen LogP contribution in [0.15, 0.2) is 30.3 Å². The van der Waals surface area contributed by atoms with Gasteiger partial charge in [-0.2, -0.15) is 0 Å². The van der Waals surface area contributed by atoms with Crippen molar-refractivity contribution < 1.29 is 23.7 Å². The summed E-state index contributed by atoms with van der Waals surface area (Å²) in [5.74, 6) is 0.158. The fourth-order valence-electron chi connectivity index (χ4n) is 3.30. The van der Waals surface area contributed by atoms with Gasteiger partial charge in [0.2, 0.25) is 0 Å². The van der Waals surface area contributed by atoms with Crippen LogP contribution in [0.5, 0.6) is 0 Å². The zero-order valence-corrected chi connectivity index (χ0v) is 12.9. The summed E-state index contributed by atoms with van der Waals surface area (Å²) in [5.41, 5.74) is 1.17. The molecule has 0 radical (unpaired) electrons. The molecule has 4 rings (SSSR count). The minimum atomic E-state index is -0.400. The molecule has 23 heavy (non-hydrogen) atoms. The molecule has 1 N–H and O–H groups in total. The quantitative estimate of drug-likeness (QED) is 0.833. The second-order valence-electron chi connectivity index (χ2n) is 6.28. The lowest BCUT2D eigenvalue weighted by atomic mass is 10.0. The number of carbonyl (C=O) groups excluding carboxylic acids is 1. The van der Waals surface area contributed by atoms with E-state index in [0.717, 1.165) is 12.8 Å². The Balaban J connectivity index is 1.32. The molecular formula is C17H21NO5. The summed E-state index contributed by atoms with van der Waals surface area (Å²) in [6.45, 7) is 1.76. The number of ether oxygens (including phenoxy) is 4. The zero-order valence-electron chi connectivity index (χ0n) is 12.9. The first kappa shape index (κ1) is 14.9. The van der Waals surface area contributed by atoms with E-state index in [0.29, 0.717) is 19.8 Å². The number of nitrogens with one attached hydrogen (secondary N) is 1. The summed E-state index contributed by atoms with van der Waals surface area (Å²) in [4.78, 5) is 12.2. The maximum absolute atomic E-state index is 12.2. The minimum absolute atomic E-state index is 0.0668. The van der Waals surface area contributed by atoms with Crippen LogP contribution in [-0.4, -0.2) is 50.5 Å². The Morgan fingerprint density at radius 3 is 2.83 bits per heavy atom. The minimum Gasteiger partial charge on any atom is -0.443 e. The van der Waals surface area contributed by atoms with Crippen LogP contribution in [0.25, 0.3) is 0 Å². The van der Waals surface area contributed by atoms with Gasteiger partial charge in [0.25, 0.3) is 0 Å². The van der Waals surface area contributed by atoms with Crippen LogP contribution in [0.1, 0.15) is 12.0 Å². The van der Waals surface area contributed by atoms with Gasteiger partial charge in [-0.25, -0.2) is 4.79 Å². The Hall–Kier alpha value is -1.63. The Morgan fingerprint density at radius 1 is 1.22 bits per heavy atom. The van der Waals surface area contributed by atoms with Crippen LogP contribution >= 0.6 is 0 Å². The predicted molar refractivity (Wildman–Crippen MR) is 80.9 cm³/mol. The fraction of sp³-hybridized carbons (Fsp3) is 0.588. The molecule has 0 saturated carbocycles. The fourth-order valence-corrected chi connectivity index (χ4v) is 3.30. The van der Waals surface area contributed by atoms with E-state index in [4.69, 9.17) is 18.9 Å². The summed E-state index contributed by atoms with van der Waals surface area (Å²) < 4.78 is 21.9. The van der Waals surface area contributed by atoms with Crippen LogP contribution in [0.2, 0.25) is 0 Å². The van der Waals surface area contributed by atoms with E-state index < -0.39 is 6.09 Å². The molecule has 0 aliphatic carbocycles. The standard InChI is InChI=1S/C17H21NO5/c19-17(23-14-9-22-16-12(14)6-7-20-16)18-13(15-10-21-15)8-11-4-2-1-3-5-11/h1-5,12-16H,6-10H2,(H,18,19). The number of hydrogen-bond acceptors (Lipinski definition) is 5. The summed E-state index contributed by atoms with van der Waals surface area (Å²) in [6.07, 6.45) is 0.853. The SMILES string of the molecule is O=C(NC(Cc1ccccc1)C1CO1)OC1COC2OCCC12. The van der Waals surface area contributed by atoms with Crippen molar-refractivity contribution in [3.05, 3.63) is 35.9 Å². The maximum Gasteiger partial charge on any atom is 0.407 e. The largest absolute Gasteiger partial charge is 0.443 e. The van der Waals surface area contributed by atoms with E-state index in [-0.39, 0.29) is 30.5 Å². The van der Waals surface area contributed by atoms with Crippen molar-refractivity contribution in [1.82, 2.24) is 5.32 Å². The van der Waals surface area contributed by atoms with Gasteiger partial charge in [0.1, 0.15) is 12.2 Å². The average molecular weight is 319 g/mol. The Labute approximate surface area is 135 Å². The highest BCUT2D eigenvalue weighted by Gasteiger charge is 2.44. The van der Waals surface area contributed by atoms with Gasteiger partial charge >= 0.3 is 6.09 Å². The molecule has 0 bridgehead atoms. The van der Waals surface area contributed by atoms with Gasteiger partial charge in [0.05, 0.1) is 31.8 Å². The molecule has 3 saturated heterocycles. The molecule has 6 heteroatoms. The molecule has 6 nitrogen and oxygen atoms in total. The van der Waals surface area contributed by atoms with Crippen molar-refractivity contribution in [3.8, 4) is 0 Å². The first-order valence-corrected chi connectivity index (χ1v) is 8.15. The number of alkyl carbamates (subject to hydrolysis) is 1. The Morgan fingerprint density at radius 2 is 2.04 bits per heavy atom. The molecule has 1 aromatic carbocycles. The molecule has 0 spiro atoms. The van der Waals surface area contributed by atoms with Gasteiger partial charge < -0.3 is 24.3 Å². The van der Waals surface area contributed by atoms with Crippen molar-refractivity contribution in [2.24, 2.45) is 5.92 Å². The lowest BCUT2D eigenvalue weighted by Gasteiger charge is -2.20. The van der Waals surface area contributed by atoms with Crippen LogP contribution in [-0.2, 0) is 25.4 Å². The molecule has 3 fully saturated rings. The molecular weight excluding hydrogens is 298 g/mol. The molecule has 3 aliphatic rings. The third-order valence-corrected chi connectivity index (χ3v) is 4.65. The number of benzene rings is 1. The third-order valence-electron chi connectivity index (χ3n) is 4.65. The second-order valence-corrected chi connectivity index (χ2v) is 6.28. The number of rotatable bonds is 5. The topological polar surface area (TPSA) is 69.3 Å². The predicted octanol–water partition coefficient (Wildman–Crippen LogP) is 1.48. The number of epoxide rings is 1. The van der Waals surface area contributed by atoms with Crippen molar-refractivity contribution in [3.63, 3.8) is 0 Å². The molecule has 1 amide bonds. The van der Waals surface area contributed by atoms with Gasteiger partial charge in [-0.15, -0.1) is 0 Å². The third kappa shape index (κ3) is 3.49. The van der Waals surface area contributed by atoms with Crippen molar-refractivity contribution >= 4 is 6.09 Å². The lowest BCUT2D eigenvalue weighted by Crippen LogP contribution is -2.43. The summed E-state index contributed by atoms with van der Waals surface area (Å²) in [6, 6.07) is 10.0. The van der Waals surface area contributed by atoms with Gasteiger partial charge in [-0.3, -0.25) is 0 Å². The number of amides is 1. The highest BCUT2D eigenvalue weighted by Crippen LogP contribution is 2.33. The van der Waals surface area contributed by atoms with E-state index in [1.807, 2.05) is 30.3 Å². The molecule has 1 aromatic rings. The number of hydrogen-bond donors (Lipinski definition) is 1. The molecule has 5 atom stereocenters. The van der Waals surface area contributed by atoms with E-state index in [9.17, 15) is 4.79 Å². The average Bonchev–Trinajstić information content (AvgIpc) is 3.18. The van der Waals surface area contributed by atoms with Crippen LogP contribution in [0.3, 0.4) is 0 Å². The number of carbonyl (C=O) groups is 1. The molecule has 3 heterocycles. The van der Waals surface area contributed by atoms with Gasteiger partial charge in [-0.1, -0.05) is 30.3 Å². The van der Waals surface area contributed by atoms with Gasteiger partial charge in [0, 0.05) is 0 Å².